The first-order valence-corrected chi connectivity index (χ1v) is 47.7. The Labute approximate surface area is 721 Å². The van der Waals surface area contributed by atoms with Crippen molar-refractivity contribution in [2.75, 3.05) is 19.8 Å². The summed E-state index contributed by atoms with van der Waals surface area (Å²) in [6.07, 6.45) is 57.6. The molecule has 0 spiro atoms. The summed E-state index contributed by atoms with van der Waals surface area (Å²) in [6.45, 7) is 39.3. The first-order valence-electron chi connectivity index (χ1n) is 44.7. The number of rotatable bonds is 61. The van der Waals surface area contributed by atoms with Crippen LogP contribution < -0.4 is 5.32 Å². The van der Waals surface area contributed by atoms with Crippen LogP contribution in [0.2, 0.25) is 0 Å². The molecule has 119 heavy (non-hydrogen) atoms. The summed E-state index contributed by atoms with van der Waals surface area (Å²) in [5.74, 6) is -0.765. The highest BCUT2D eigenvalue weighted by atomic mass is 31.3. The van der Waals surface area contributed by atoms with E-state index in [9.17, 15) is 54.4 Å². The lowest BCUT2D eigenvalue weighted by Gasteiger charge is -2.47. The molecule has 0 aliphatic carbocycles. The SMILES string of the molecule is CC(=O)N[C@H]1[C@@H](OP(=O)(O)OP(=O)(O)OCCC(C)CC/C=C(\C)CC/C=C(\C)CC/C=C(\C)CC/C=C(\C)CC/C=C(\C)CC/C=C(\C)CC/C=C(\C)CC/C=C(\C)CC/C=C(\C)CC/C=C(\C)CC/C=C(\C)CC/C=C(\C)CC/C=C(\C)CC/C=C(\C)CC/C=C(\C)CCC=C(C)C)O[C@H](CO)[C@@H](O[C@@H]2O[C@H](CO)[C@@H](O)[C@H](O)[C@H]2O)[C@@H]1O. The monoisotopic (exact) mass is 1700 g/mol. The molecule has 0 bridgehead atoms. The number of carbonyl (C=O) groups is 1. The highest BCUT2D eigenvalue weighted by Crippen LogP contribution is 2.61. The largest absolute Gasteiger partial charge is 0.483 e. The van der Waals surface area contributed by atoms with E-state index in [1.807, 2.05) is 6.92 Å². The smallest absolute Gasteiger partial charge is 0.394 e. The number of carbonyl (C=O) groups excluding carboxylic acids is 1. The fourth-order valence-corrected chi connectivity index (χ4v) is 16.4. The quantitative estimate of drug-likeness (QED) is 0.0202. The Morgan fingerprint density at radius 3 is 0.866 bits per heavy atom. The Balaban J connectivity index is 1.59. The van der Waals surface area contributed by atoms with Crippen LogP contribution in [0.15, 0.2) is 186 Å². The van der Waals surface area contributed by atoms with E-state index >= 15 is 0 Å². The molecule has 2 saturated heterocycles. The molecule has 0 saturated carbocycles. The van der Waals surface area contributed by atoms with Crippen LogP contribution in [-0.2, 0) is 41.5 Å². The fraction of sp³-hybridized carbons (Fsp3) is 0.667. The first-order chi connectivity index (χ1) is 56.3. The van der Waals surface area contributed by atoms with E-state index < -0.39 is 96.1 Å². The van der Waals surface area contributed by atoms with Gasteiger partial charge < -0.3 is 60.0 Å². The van der Waals surface area contributed by atoms with E-state index in [1.165, 1.54) is 102 Å². The normalized spacial score (nSPS) is 23.3. The van der Waals surface area contributed by atoms with Gasteiger partial charge in [-0.2, -0.15) is 4.31 Å². The molecular weight excluding hydrogens is 1540 g/mol. The number of aliphatic hydroxyl groups is 6. The maximum Gasteiger partial charge on any atom is 0.483 e. The molecule has 2 aliphatic heterocycles. The zero-order valence-corrected chi connectivity index (χ0v) is 79.0. The summed E-state index contributed by atoms with van der Waals surface area (Å²) < 4.78 is 57.0. The Hall–Kier alpha value is -4.79. The van der Waals surface area contributed by atoms with Crippen LogP contribution in [0.1, 0.15) is 343 Å². The van der Waals surface area contributed by atoms with Crippen molar-refractivity contribution < 1.29 is 81.9 Å². The van der Waals surface area contributed by atoms with Crippen LogP contribution >= 0.6 is 15.6 Å². The van der Waals surface area contributed by atoms with Gasteiger partial charge in [0, 0.05) is 6.92 Å². The maximum atomic E-state index is 13.1. The van der Waals surface area contributed by atoms with Gasteiger partial charge in [0.25, 0.3) is 0 Å². The number of phosphoric ester groups is 2. The van der Waals surface area contributed by atoms with Crippen molar-refractivity contribution in [2.24, 2.45) is 5.92 Å². The van der Waals surface area contributed by atoms with E-state index in [0.29, 0.717) is 6.42 Å². The van der Waals surface area contributed by atoms with E-state index in [2.05, 4.69) is 225 Å². The third kappa shape index (κ3) is 53.9. The predicted molar refractivity (Wildman–Crippen MR) is 493 cm³/mol. The first kappa shape index (κ1) is 110. The molecule has 0 radical (unpaired) electrons. The van der Waals surface area contributed by atoms with Crippen molar-refractivity contribution in [3.8, 4) is 0 Å². The second kappa shape index (κ2) is 63.2. The van der Waals surface area contributed by atoms with Gasteiger partial charge in [-0.15, -0.1) is 0 Å². The van der Waals surface area contributed by atoms with Crippen molar-refractivity contribution in [1.82, 2.24) is 5.32 Å². The van der Waals surface area contributed by atoms with E-state index in [4.69, 9.17) is 23.3 Å². The highest BCUT2D eigenvalue weighted by molar-refractivity contribution is 7.61. The Morgan fingerprint density at radius 1 is 0.345 bits per heavy atom. The lowest BCUT2D eigenvalue weighted by Crippen LogP contribution is -2.67. The molecule has 2 fully saturated rings. The Bertz CT molecular complexity index is 3580. The van der Waals surface area contributed by atoms with Crippen molar-refractivity contribution in [2.45, 2.75) is 405 Å². The number of phosphoric acid groups is 2. The molecule has 9 N–H and O–H groups in total. The molecule has 0 aromatic heterocycles. The molecule has 13 atom stereocenters. The van der Waals surface area contributed by atoms with Crippen LogP contribution in [0.25, 0.3) is 0 Å². The van der Waals surface area contributed by atoms with Crippen molar-refractivity contribution in [3.05, 3.63) is 186 Å². The number of aliphatic hydroxyl groups excluding tert-OH is 6. The molecule has 1 amide bonds. The summed E-state index contributed by atoms with van der Waals surface area (Å²) in [6, 6.07) is -1.76. The van der Waals surface area contributed by atoms with Crippen LogP contribution in [0.3, 0.4) is 0 Å². The highest BCUT2D eigenvalue weighted by Gasteiger charge is 2.53. The number of hydrogen-bond acceptors (Lipinski definition) is 15. The molecule has 3 unspecified atom stereocenters. The van der Waals surface area contributed by atoms with Gasteiger partial charge in [-0.05, 0) is 336 Å². The second-order valence-electron chi connectivity index (χ2n) is 34.8. The summed E-state index contributed by atoms with van der Waals surface area (Å²) in [5.41, 5.74) is 23.5. The molecule has 678 valence electrons. The van der Waals surface area contributed by atoms with E-state index in [1.54, 1.807) is 0 Å². The molecule has 0 aromatic rings. The fourth-order valence-electron chi connectivity index (χ4n) is 14.2. The molecule has 2 aliphatic rings. The summed E-state index contributed by atoms with van der Waals surface area (Å²) >= 11 is 0. The number of ether oxygens (including phenoxy) is 3. The topological polar surface area (TPSA) is 280 Å². The minimum Gasteiger partial charge on any atom is -0.394 e. The zero-order chi connectivity index (χ0) is 88.9. The van der Waals surface area contributed by atoms with Crippen molar-refractivity contribution >= 4 is 21.6 Å². The van der Waals surface area contributed by atoms with Crippen LogP contribution in [-0.4, -0.2) is 128 Å². The average molecular weight is 1700 g/mol. The maximum absolute atomic E-state index is 13.1. The van der Waals surface area contributed by atoms with Crippen molar-refractivity contribution in [1.29, 1.82) is 0 Å². The van der Waals surface area contributed by atoms with Gasteiger partial charge in [-0.25, -0.2) is 9.13 Å². The summed E-state index contributed by atoms with van der Waals surface area (Å²) in [4.78, 5) is 33.1. The summed E-state index contributed by atoms with van der Waals surface area (Å²) in [7, 11) is -10.8. The van der Waals surface area contributed by atoms with E-state index in [-0.39, 0.29) is 12.5 Å². The van der Waals surface area contributed by atoms with Gasteiger partial charge in [0.2, 0.25) is 5.91 Å². The number of nitrogens with one attached hydrogen (secondary N) is 1. The molecule has 2 rings (SSSR count). The Kier molecular flexibility index (Phi) is 58.5. The van der Waals surface area contributed by atoms with Gasteiger partial charge >= 0.3 is 15.6 Å². The van der Waals surface area contributed by atoms with Gasteiger partial charge in [-0.1, -0.05) is 193 Å². The Morgan fingerprint density at radius 2 is 0.605 bits per heavy atom. The lowest BCUT2D eigenvalue weighted by atomic mass is 9.95. The van der Waals surface area contributed by atoms with Gasteiger partial charge in [-0.3, -0.25) is 13.8 Å². The third-order valence-electron chi connectivity index (χ3n) is 22.4. The van der Waals surface area contributed by atoms with Gasteiger partial charge in [0.05, 0.1) is 19.8 Å². The number of hydrogen-bond donors (Lipinski definition) is 9. The van der Waals surface area contributed by atoms with Crippen LogP contribution in [0.5, 0.6) is 0 Å². The lowest BCUT2D eigenvalue weighted by molar-refractivity contribution is -0.344. The van der Waals surface area contributed by atoms with Gasteiger partial charge in [0.1, 0.15) is 48.8 Å². The zero-order valence-electron chi connectivity index (χ0n) is 77.2. The van der Waals surface area contributed by atoms with Crippen LogP contribution in [0, 0.1) is 5.92 Å². The van der Waals surface area contributed by atoms with Gasteiger partial charge in [0.15, 0.2) is 12.6 Å². The minimum absolute atomic E-state index is 0.0390. The molecule has 18 nitrogen and oxygen atoms in total. The molecule has 0 aromatic carbocycles. The third-order valence-corrected chi connectivity index (χ3v) is 25.0. The number of amides is 1. The number of allylic oxidation sites excluding steroid dienone is 32. The second-order valence-corrected chi connectivity index (χ2v) is 37.8. The minimum atomic E-state index is -5.59. The van der Waals surface area contributed by atoms with E-state index in [0.717, 1.165) is 200 Å². The molecule has 2 heterocycles. The average Bonchev–Trinajstić information content (AvgIpc) is 0.777. The van der Waals surface area contributed by atoms with Crippen molar-refractivity contribution in [3.63, 3.8) is 0 Å². The summed E-state index contributed by atoms with van der Waals surface area (Å²) in [5, 5.41) is 64.0. The van der Waals surface area contributed by atoms with Crippen LogP contribution in [0.4, 0.5) is 0 Å². The molecule has 20 heteroatoms. The standard InChI is InChI=1S/C99H165NO17P2/c1-72(2)36-20-37-73(3)38-21-39-74(4)40-22-41-75(5)42-23-43-76(6)44-24-45-77(7)46-25-47-78(8)48-26-49-79(9)50-27-51-80(10)52-28-53-81(11)54-29-55-82(12)56-30-57-83(13)58-31-59-84(14)60-32-61-85(15)62-33-63-86(16)64-34-65-87(17)66-35-67-88(18)68-69-112-118(108,109)117-119(110,111)116-98-92(100-89(19)103)94(105)97(91(71-102)114-98)115-99-96(107)95(106)93(104)90(70-101)113-99/h36,38,40,42,44,46,48,50,52,54,56,58,60,62,64,66,88,90-99,101-102,104-107H,20-35,37,39,41,43,45,47,49,51,53,55,57,59,61,63,65,67-71H2,1-19H3,(H,100,103)(H,108,109)(H,110,111)/b73-38+,74-40+,75-42+,76-44+,77-46+,78-48+,79-50+,80-52+,81-54+,82-56+,83-58+,84-60+,85-62+,86-64+,87-66+/t88?,90-,91-,92-,93-,94-,95+,96-,97-,98-,99+/m1/s1. The molecular formula is C99H165NO17P2. The predicted octanol–water partition coefficient (Wildman–Crippen LogP) is 24.7.